The first kappa shape index (κ1) is 21.4. The van der Waals surface area contributed by atoms with Crippen LogP contribution in [0.1, 0.15) is 25.0 Å². The number of hydrogen-bond acceptors (Lipinski definition) is 4. The van der Waals surface area contributed by atoms with Gasteiger partial charge < -0.3 is 9.64 Å². The summed E-state index contributed by atoms with van der Waals surface area (Å²) in [5.74, 6) is 0.324. The summed E-state index contributed by atoms with van der Waals surface area (Å²) < 4.78 is 7.33. The number of carbonyl (C=O) groups excluding carboxylic acids is 1. The average molecular weight is 497 g/mol. The van der Waals surface area contributed by atoms with E-state index in [2.05, 4.69) is 61.1 Å². The third-order valence-corrected chi connectivity index (χ3v) is 5.01. The Hall–Kier alpha value is -1.86. The highest BCUT2D eigenvalue weighted by molar-refractivity contribution is 9.11. The first-order chi connectivity index (χ1) is 12.9. The summed E-state index contributed by atoms with van der Waals surface area (Å²) in [4.78, 5) is 14.2. The summed E-state index contributed by atoms with van der Waals surface area (Å²) in [5, 5.41) is 3.99. The number of nitrogens with one attached hydrogen (secondary N) is 1. The maximum absolute atomic E-state index is 11.9. The van der Waals surface area contributed by atoms with Gasteiger partial charge in [-0.1, -0.05) is 28.1 Å². The number of hydrogen-bond donors (Lipinski definition) is 1. The van der Waals surface area contributed by atoms with Crippen LogP contribution in [0.3, 0.4) is 0 Å². The second kappa shape index (κ2) is 10.5. The summed E-state index contributed by atoms with van der Waals surface area (Å²) in [5.41, 5.74) is 5.50. The van der Waals surface area contributed by atoms with Gasteiger partial charge in [-0.15, -0.1) is 0 Å². The van der Waals surface area contributed by atoms with E-state index in [0.29, 0.717) is 5.75 Å². The average Bonchev–Trinajstić information content (AvgIpc) is 2.63. The molecule has 2 aromatic carbocycles. The number of halogens is 2. The molecule has 7 heteroatoms. The van der Waals surface area contributed by atoms with E-state index in [1.807, 2.05) is 43.3 Å². The van der Waals surface area contributed by atoms with Gasteiger partial charge in [-0.25, -0.2) is 5.43 Å². The predicted molar refractivity (Wildman–Crippen MR) is 118 cm³/mol. The molecule has 0 bridgehead atoms. The normalized spacial score (nSPS) is 10.9. The van der Waals surface area contributed by atoms with E-state index in [-0.39, 0.29) is 12.5 Å². The van der Waals surface area contributed by atoms with E-state index >= 15 is 0 Å². The third-order valence-electron chi connectivity index (χ3n) is 3.97. The molecule has 1 N–H and O–H groups in total. The van der Waals surface area contributed by atoms with Crippen molar-refractivity contribution < 1.29 is 9.53 Å². The molecule has 0 radical (unpaired) electrons. The van der Waals surface area contributed by atoms with Crippen LogP contribution in [0.15, 0.2) is 50.4 Å². The molecule has 2 aromatic rings. The highest BCUT2D eigenvalue weighted by Gasteiger charge is 2.09. The maximum atomic E-state index is 11.9. The van der Waals surface area contributed by atoms with Crippen molar-refractivity contribution in [2.75, 3.05) is 24.6 Å². The Bertz CT molecular complexity index is 780. The molecule has 27 heavy (non-hydrogen) atoms. The van der Waals surface area contributed by atoms with Gasteiger partial charge in [0, 0.05) is 23.2 Å². The largest absolute Gasteiger partial charge is 0.482 e. The smallest absolute Gasteiger partial charge is 0.277 e. The topological polar surface area (TPSA) is 53.9 Å². The van der Waals surface area contributed by atoms with Gasteiger partial charge in [-0.2, -0.15) is 5.10 Å². The molecule has 0 aliphatic heterocycles. The van der Waals surface area contributed by atoms with Crippen LogP contribution < -0.4 is 15.1 Å². The Morgan fingerprint density at radius 3 is 2.44 bits per heavy atom. The van der Waals surface area contributed by atoms with Crippen molar-refractivity contribution in [1.29, 1.82) is 0 Å². The molecular formula is C20H23Br2N3O2. The first-order valence-corrected chi connectivity index (χ1v) is 10.3. The van der Waals surface area contributed by atoms with Crippen LogP contribution in [-0.2, 0) is 4.79 Å². The number of benzene rings is 2. The van der Waals surface area contributed by atoms with Crippen LogP contribution >= 0.6 is 31.9 Å². The van der Waals surface area contributed by atoms with E-state index in [1.165, 1.54) is 5.69 Å². The fourth-order valence-corrected chi connectivity index (χ4v) is 4.13. The monoisotopic (exact) mass is 495 g/mol. The second-order valence-corrected chi connectivity index (χ2v) is 7.65. The van der Waals surface area contributed by atoms with Crippen molar-refractivity contribution in [2.45, 2.75) is 20.8 Å². The Morgan fingerprint density at radius 1 is 1.19 bits per heavy atom. The van der Waals surface area contributed by atoms with Gasteiger partial charge in [0.2, 0.25) is 0 Å². The molecule has 0 heterocycles. The van der Waals surface area contributed by atoms with E-state index in [0.717, 1.165) is 33.2 Å². The number of amides is 1. The molecule has 0 aliphatic rings. The molecule has 0 saturated heterocycles. The van der Waals surface area contributed by atoms with Crippen molar-refractivity contribution in [3.63, 3.8) is 0 Å². The van der Waals surface area contributed by atoms with E-state index in [1.54, 1.807) is 6.21 Å². The van der Waals surface area contributed by atoms with Crippen molar-refractivity contribution in [2.24, 2.45) is 5.10 Å². The molecule has 0 aromatic heterocycles. The minimum atomic E-state index is -0.319. The lowest BCUT2D eigenvalue weighted by Crippen LogP contribution is -2.25. The molecule has 0 aliphatic carbocycles. The van der Waals surface area contributed by atoms with Crippen LogP contribution in [0.25, 0.3) is 0 Å². The van der Waals surface area contributed by atoms with Gasteiger partial charge in [0.15, 0.2) is 6.61 Å². The minimum absolute atomic E-state index is 0.112. The summed E-state index contributed by atoms with van der Waals surface area (Å²) in [6.07, 6.45) is 1.62. The zero-order valence-corrected chi connectivity index (χ0v) is 18.8. The molecule has 0 unspecified atom stereocenters. The molecule has 5 nitrogen and oxygen atoms in total. The molecule has 0 fully saturated rings. The summed E-state index contributed by atoms with van der Waals surface area (Å²) in [6, 6.07) is 11.8. The zero-order chi connectivity index (χ0) is 19.8. The lowest BCUT2D eigenvalue weighted by Gasteiger charge is -2.20. The highest BCUT2D eigenvalue weighted by Crippen LogP contribution is 2.32. The number of hydrazone groups is 1. The fourth-order valence-electron chi connectivity index (χ4n) is 2.58. The molecule has 144 valence electrons. The summed E-state index contributed by atoms with van der Waals surface area (Å²) in [6.45, 7) is 8.00. The summed E-state index contributed by atoms with van der Waals surface area (Å²) in [7, 11) is 0. The number of aryl methyl sites for hydroxylation is 1. The van der Waals surface area contributed by atoms with Gasteiger partial charge in [-0.3, -0.25) is 4.79 Å². The van der Waals surface area contributed by atoms with Crippen LogP contribution in [0, 0.1) is 6.92 Å². The lowest BCUT2D eigenvalue weighted by atomic mass is 10.2. The molecule has 1 amide bonds. The molecule has 0 atom stereocenters. The Morgan fingerprint density at radius 2 is 1.85 bits per heavy atom. The van der Waals surface area contributed by atoms with Gasteiger partial charge in [0.05, 0.1) is 10.7 Å². The van der Waals surface area contributed by atoms with Crippen molar-refractivity contribution in [3.8, 4) is 5.75 Å². The molecular weight excluding hydrogens is 474 g/mol. The molecule has 0 saturated carbocycles. The van der Waals surface area contributed by atoms with Crippen LogP contribution in [0.4, 0.5) is 5.69 Å². The van der Waals surface area contributed by atoms with Gasteiger partial charge in [-0.05, 0) is 72.1 Å². The Balaban J connectivity index is 1.86. The number of nitrogens with zero attached hydrogens (tertiary/aromatic N) is 2. The number of anilines is 1. The van der Waals surface area contributed by atoms with Crippen LogP contribution in [-0.4, -0.2) is 31.8 Å². The highest BCUT2D eigenvalue weighted by atomic mass is 79.9. The lowest BCUT2D eigenvalue weighted by molar-refractivity contribution is -0.123. The van der Waals surface area contributed by atoms with Crippen molar-refractivity contribution >= 4 is 49.7 Å². The summed E-state index contributed by atoms with van der Waals surface area (Å²) >= 11 is 6.85. The standard InChI is InChI=1S/C20H23Br2N3O2/c1-4-25(5-2)17-8-6-15(7-9-17)12-23-24-19(26)13-27-20-14(3)10-16(21)11-18(20)22/h6-12H,4-5,13H2,1-3H3,(H,24,26)/b23-12+. The third kappa shape index (κ3) is 6.36. The zero-order valence-electron chi connectivity index (χ0n) is 15.6. The van der Waals surface area contributed by atoms with Gasteiger partial charge >= 0.3 is 0 Å². The van der Waals surface area contributed by atoms with E-state index in [9.17, 15) is 4.79 Å². The van der Waals surface area contributed by atoms with E-state index < -0.39 is 0 Å². The van der Waals surface area contributed by atoms with Gasteiger partial charge in [0.25, 0.3) is 5.91 Å². The number of rotatable bonds is 8. The van der Waals surface area contributed by atoms with E-state index in [4.69, 9.17) is 4.74 Å². The molecule has 2 rings (SSSR count). The quantitative estimate of drug-likeness (QED) is 0.418. The SMILES string of the molecule is CCN(CC)c1ccc(/C=N/NC(=O)COc2c(C)cc(Br)cc2Br)cc1. The Labute approximate surface area is 177 Å². The Kier molecular flexibility index (Phi) is 8.31. The fraction of sp³-hybridized carbons (Fsp3) is 0.300. The second-order valence-electron chi connectivity index (χ2n) is 5.88. The van der Waals surface area contributed by atoms with Crippen molar-refractivity contribution in [3.05, 3.63) is 56.5 Å². The van der Waals surface area contributed by atoms with Crippen molar-refractivity contribution in [1.82, 2.24) is 5.43 Å². The van der Waals surface area contributed by atoms with Crippen LogP contribution in [0.5, 0.6) is 5.75 Å². The number of ether oxygens (including phenoxy) is 1. The maximum Gasteiger partial charge on any atom is 0.277 e. The van der Waals surface area contributed by atoms with Crippen LogP contribution in [0.2, 0.25) is 0 Å². The predicted octanol–water partition coefficient (Wildman–Crippen LogP) is 4.90. The number of carbonyl (C=O) groups is 1. The van der Waals surface area contributed by atoms with Gasteiger partial charge in [0.1, 0.15) is 5.75 Å². The minimum Gasteiger partial charge on any atom is -0.482 e. The molecule has 0 spiro atoms. The first-order valence-electron chi connectivity index (χ1n) is 8.70.